The summed E-state index contributed by atoms with van der Waals surface area (Å²) in [7, 11) is 0. The summed E-state index contributed by atoms with van der Waals surface area (Å²) in [4.78, 5) is 4.06. The average molecular weight is 268 g/mol. The first-order chi connectivity index (χ1) is 7.34. The zero-order valence-electron chi connectivity index (χ0n) is 7.97. The lowest BCUT2D eigenvalue weighted by Crippen LogP contribution is -2.09. The van der Waals surface area contributed by atoms with Crippen LogP contribution in [0.2, 0.25) is 0 Å². The van der Waals surface area contributed by atoms with E-state index in [-0.39, 0.29) is 0 Å². The van der Waals surface area contributed by atoms with Gasteiger partial charge in [-0.2, -0.15) is 0 Å². The van der Waals surface area contributed by atoms with Crippen LogP contribution in [0.15, 0.2) is 35.6 Å². The van der Waals surface area contributed by atoms with Gasteiger partial charge in [-0.15, -0.1) is 10.2 Å². The molecular formula is C9H10BrN5. The number of hydrogen-bond acceptors (Lipinski definition) is 4. The molecule has 0 aliphatic carbocycles. The molecule has 5 nitrogen and oxygen atoms in total. The summed E-state index contributed by atoms with van der Waals surface area (Å²) >= 11 is 3.37. The zero-order chi connectivity index (χ0) is 10.5. The summed E-state index contributed by atoms with van der Waals surface area (Å²) in [5, 5.41) is 10.7. The molecular weight excluding hydrogens is 258 g/mol. The highest BCUT2D eigenvalue weighted by molar-refractivity contribution is 9.10. The van der Waals surface area contributed by atoms with E-state index < -0.39 is 0 Å². The molecule has 2 heterocycles. The molecule has 0 unspecified atom stereocenters. The van der Waals surface area contributed by atoms with Gasteiger partial charge in [0.05, 0.1) is 11.9 Å². The predicted octanol–water partition coefficient (Wildman–Crippen LogP) is 1.55. The third-order valence-electron chi connectivity index (χ3n) is 1.87. The minimum Gasteiger partial charge on any atom is -0.382 e. The fourth-order valence-corrected chi connectivity index (χ4v) is 1.54. The first kappa shape index (κ1) is 10.1. The highest BCUT2D eigenvalue weighted by Crippen LogP contribution is 2.13. The van der Waals surface area contributed by atoms with Gasteiger partial charge in [0.1, 0.15) is 12.7 Å². The Morgan fingerprint density at radius 2 is 2.07 bits per heavy atom. The molecule has 0 atom stereocenters. The summed E-state index contributed by atoms with van der Waals surface area (Å²) in [6.45, 7) is 1.65. The number of nitrogens with zero attached hydrogens (tertiary/aromatic N) is 4. The van der Waals surface area contributed by atoms with Crippen molar-refractivity contribution in [3.8, 4) is 0 Å². The van der Waals surface area contributed by atoms with Gasteiger partial charge in [-0.25, -0.2) is 0 Å². The van der Waals surface area contributed by atoms with E-state index in [0.29, 0.717) is 0 Å². The van der Waals surface area contributed by atoms with E-state index in [0.717, 1.165) is 23.2 Å². The molecule has 1 N–H and O–H groups in total. The van der Waals surface area contributed by atoms with Crippen LogP contribution in [-0.2, 0) is 6.54 Å². The van der Waals surface area contributed by atoms with Gasteiger partial charge in [0.15, 0.2) is 0 Å². The highest BCUT2D eigenvalue weighted by atomic mass is 79.9. The van der Waals surface area contributed by atoms with Crippen molar-refractivity contribution >= 4 is 21.6 Å². The summed E-state index contributed by atoms with van der Waals surface area (Å²) < 4.78 is 2.88. The van der Waals surface area contributed by atoms with Crippen LogP contribution in [0.5, 0.6) is 0 Å². The second-order valence-corrected chi connectivity index (χ2v) is 3.93. The van der Waals surface area contributed by atoms with Gasteiger partial charge < -0.3 is 9.88 Å². The fraction of sp³-hybridized carbons (Fsp3) is 0.222. The Morgan fingerprint density at radius 3 is 2.80 bits per heavy atom. The molecule has 2 aromatic heterocycles. The third kappa shape index (κ3) is 3.02. The summed E-state index contributed by atoms with van der Waals surface area (Å²) in [6.07, 6.45) is 6.93. The van der Waals surface area contributed by atoms with Crippen LogP contribution in [0.4, 0.5) is 5.69 Å². The lowest BCUT2D eigenvalue weighted by molar-refractivity contribution is 0.724. The second kappa shape index (κ2) is 4.88. The summed E-state index contributed by atoms with van der Waals surface area (Å²) in [5.74, 6) is 0. The van der Waals surface area contributed by atoms with Gasteiger partial charge >= 0.3 is 0 Å². The summed E-state index contributed by atoms with van der Waals surface area (Å²) in [6, 6.07) is 1.99. The fourth-order valence-electron chi connectivity index (χ4n) is 1.18. The first-order valence-electron chi connectivity index (χ1n) is 4.51. The number of nitrogens with one attached hydrogen (secondary N) is 1. The number of rotatable bonds is 4. The van der Waals surface area contributed by atoms with E-state index in [1.54, 1.807) is 25.0 Å². The van der Waals surface area contributed by atoms with Crippen LogP contribution in [0.3, 0.4) is 0 Å². The van der Waals surface area contributed by atoms with Crippen LogP contribution >= 0.6 is 15.9 Å². The van der Waals surface area contributed by atoms with Crippen molar-refractivity contribution in [2.45, 2.75) is 6.54 Å². The van der Waals surface area contributed by atoms with Crippen molar-refractivity contribution in [1.29, 1.82) is 0 Å². The van der Waals surface area contributed by atoms with Gasteiger partial charge in [-0.3, -0.25) is 4.98 Å². The van der Waals surface area contributed by atoms with Gasteiger partial charge in [0.2, 0.25) is 0 Å². The van der Waals surface area contributed by atoms with E-state index in [1.165, 1.54) is 0 Å². The Balaban J connectivity index is 1.83. The Hall–Kier alpha value is -1.43. The van der Waals surface area contributed by atoms with Gasteiger partial charge in [-0.1, -0.05) is 0 Å². The SMILES string of the molecule is Brc1cncc(NCCn2cnnc2)c1. The highest BCUT2D eigenvalue weighted by Gasteiger charge is 1.94. The number of halogens is 1. The lowest BCUT2D eigenvalue weighted by Gasteiger charge is -2.05. The first-order valence-corrected chi connectivity index (χ1v) is 5.31. The number of aromatic nitrogens is 4. The van der Waals surface area contributed by atoms with E-state index in [4.69, 9.17) is 0 Å². The van der Waals surface area contributed by atoms with Crippen LogP contribution in [0, 0.1) is 0 Å². The van der Waals surface area contributed by atoms with Crippen molar-refractivity contribution in [2.75, 3.05) is 11.9 Å². The van der Waals surface area contributed by atoms with Crippen LogP contribution in [-0.4, -0.2) is 26.3 Å². The molecule has 0 spiro atoms. The van der Waals surface area contributed by atoms with Gasteiger partial charge in [0, 0.05) is 23.8 Å². The minimum atomic E-state index is 0.816. The number of pyridine rings is 1. The maximum atomic E-state index is 4.06. The lowest BCUT2D eigenvalue weighted by atomic mass is 10.4. The quantitative estimate of drug-likeness (QED) is 0.914. The Kier molecular flexibility index (Phi) is 3.29. The maximum absolute atomic E-state index is 4.06. The van der Waals surface area contributed by atoms with E-state index in [2.05, 4.69) is 36.4 Å². The average Bonchev–Trinajstić information content (AvgIpc) is 2.71. The van der Waals surface area contributed by atoms with Crippen molar-refractivity contribution in [3.05, 3.63) is 35.6 Å². The third-order valence-corrected chi connectivity index (χ3v) is 2.30. The Morgan fingerprint density at radius 1 is 1.27 bits per heavy atom. The normalized spacial score (nSPS) is 10.2. The van der Waals surface area contributed by atoms with Crippen LogP contribution in [0.25, 0.3) is 0 Å². The molecule has 0 amide bonds. The molecule has 6 heteroatoms. The number of hydrogen-bond donors (Lipinski definition) is 1. The van der Waals surface area contributed by atoms with E-state index in [9.17, 15) is 0 Å². The van der Waals surface area contributed by atoms with E-state index >= 15 is 0 Å². The van der Waals surface area contributed by atoms with Crippen molar-refractivity contribution in [3.63, 3.8) is 0 Å². The zero-order valence-corrected chi connectivity index (χ0v) is 9.55. The maximum Gasteiger partial charge on any atom is 0.119 e. The molecule has 0 aromatic carbocycles. The van der Waals surface area contributed by atoms with E-state index in [1.807, 2.05) is 10.6 Å². The molecule has 15 heavy (non-hydrogen) atoms. The molecule has 0 aliphatic rings. The molecule has 2 aromatic rings. The second-order valence-electron chi connectivity index (χ2n) is 3.02. The molecule has 0 aliphatic heterocycles. The largest absolute Gasteiger partial charge is 0.382 e. The van der Waals surface area contributed by atoms with Crippen molar-refractivity contribution in [2.24, 2.45) is 0 Å². The monoisotopic (exact) mass is 267 g/mol. The standard InChI is InChI=1S/C9H10BrN5/c10-8-3-9(5-11-4-8)12-1-2-15-6-13-14-7-15/h3-7,12H,1-2H2. The minimum absolute atomic E-state index is 0.816. The smallest absolute Gasteiger partial charge is 0.119 e. The molecule has 2 rings (SSSR count). The van der Waals surface area contributed by atoms with Crippen LogP contribution in [0.1, 0.15) is 0 Å². The van der Waals surface area contributed by atoms with Gasteiger partial charge in [0.25, 0.3) is 0 Å². The number of anilines is 1. The predicted molar refractivity (Wildman–Crippen MR) is 60.4 cm³/mol. The summed E-state index contributed by atoms with van der Waals surface area (Å²) in [5.41, 5.74) is 0.998. The van der Waals surface area contributed by atoms with Crippen molar-refractivity contribution in [1.82, 2.24) is 19.7 Å². The molecule has 0 saturated heterocycles. The molecule has 78 valence electrons. The molecule has 0 radical (unpaired) electrons. The Bertz CT molecular complexity index is 414. The van der Waals surface area contributed by atoms with Gasteiger partial charge in [-0.05, 0) is 22.0 Å². The Labute approximate surface area is 95.7 Å². The topological polar surface area (TPSA) is 55.6 Å². The van der Waals surface area contributed by atoms with Crippen molar-refractivity contribution < 1.29 is 0 Å². The van der Waals surface area contributed by atoms with Crippen LogP contribution < -0.4 is 5.32 Å². The molecule has 0 saturated carbocycles. The molecule has 0 bridgehead atoms. The molecule has 0 fully saturated rings.